The first-order valence-corrected chi connectivity index (χ1v) is 34.2. The van der Waals surface area contributed by atoms with Gasteiger partial charge in [0.2, 0.25) is 5.91 Å². The third kappa shape index (κ3) is 19.3. The third-order valence-corrected chi connectivity index (χ3v) is 20.5. The van der Waals surface area contributed by atoms with Crippen molar-refractivity contribution >= 4 is 72.6 Å². The van der Waals surface area contributed by atoms with E-state index in [2.05, 4.69) is 26.8 Å². The van der Waals surface area contributed by atoms with Gasteiger partial charge in [0.1, 0.15) is 24.8 Å². The van der Waals surface area contributed by atoms with Crippen molar-refractivity contribution in [1.29, 1.82) is 0 Å². The number of halogens is 10. The van der Waals surface area contributed by atoms with Crippen LogP contribution in [0.25, 0.3) is 11.1 Å². The van der Waals surface area contributed by atoms with Gasteiger partial charge in [-0.15, -0.1) is 37.2 Å². The molecule has 7 aromatic rings. The van der Waals surface area contributed by atoms with Crippen molar-refractivity contribution in [3.05, 3.63) is 231 Å². The Labute approximate surface area is 620 Å². The standard InChI is InChI=1S/C78H85F7N8O8.3ClH/c1-86(50-55-14-12-18-59(44-55)72(96)89(4)42-43-90-37-30-65(31-38-90)93(74(98)99)68-21-11-9-19-66(68)56-15-6-5-7-16-56)49-54-22-24-57(25-23-54)71(95)88(3)36-13-35-87(2)70(94)51-100-69-47-58-17-8-10-20-67(58)75(69)32-39-91(40-33-75)41-34-76(61-26-28-64(79)29-27-61)52-92(53-101-76)73(97)60-45-62(77(80,81)82)48-63(46-60)78(83,84)85;;;/h5-12,14-29,44-46,48,65,69H,13,30-43,47,49-53H2,1-4H3,(H,98,99);3*1H/t69-,76+;;;/m0.../s1. The molecule has 1 spiro atoms. The maximum Gasteiger partial charge on any atom is 0.416 e. The molecule has 1 N–H and O–H groups in total. The van der Waals surface area contributed by atoms with E-state index in [-0.39, 0.29) is 92.7 Å². The van der Waals surface area contributed by atoms with Crippen LogP contribution in [0.3, 0.4) is 0 Å². The summed E-state index contributed by atoms with van der Waals surface area (Å²) in [7, 11) is 7.26. The molecule has 104 heavy (non-hydrogen) atoms. The van der Waals surface area contributed by atoms with Gasteiger partial charge in [0, 0.05) is 114 Å². The zero-order valence-electron chi connectivity index (χ0n) is 58.4. The van der Waals surface area contributed by atoms with E-state index in [0.29, 0.717) is 145 Å². The number of carboxylic acid groups (broad SMARTS) is 1. The number of carbonyl (C=O) groups excluding carboxylic acids is 4. The van der Waals surface area contributed by atoms with Crippen LogP contribution in [0.5, 0.6) is 0 Å². The molecule has 4 aliphatic rings. The Morgan fingerprint density at radius 1 is 0.606 bits per heavy atom. The maximum absolute atomic E-state index is 14.3. The van der Waals surface area contributed by atoms with Crippen molar-refractivity contribution in [2.45, 2.75) is 93.5 Å². The molecule has 1 aliphatic carbocycles. The number of piperidine rings is 2. The molecule has 0 bridgehead atoms. The highest BCUT2D eigenvalue weighted by Crippen LogP contribution is 2.49. The van der Waals surface area contributed by atoms with Crippen LogP contribution in [-0.2, 0) is 57.1 Å². The Bertz CT molecular complexity index is 4040. The fourth-order valence-electron chi connectivity index (χ4n) is 14.8. The molecule has 558 valence electrons. The van der Waals surface area contributed by atoms with E-state index in [1.807, 2.05) is 129 Å². The molecule has 0 unspecified atom stereocenters. The van der Waals surface area contributed by atoms with Crippen LogP contribution in [0.1, 0.15) is 109 Å². The highest BCUT2D eigenvalue weighted by Gasteiger charge is 2.50. The lowest BCUT2D eigenvalue weighted by molar-refractivity contribution is -0.143. The largest absolute Gasteiger partial charge is 0.465 e. The number of alkyl halides is 6. The van der Waals surface area contributed by atoms with Crippen molar-refractivity contribution in [1.82, 2.24) is 34.3 Å². The van der Waals surface area contributed by atoms with Gasteiger partial charge in [-0.05, 0) is 159 Å². The highest BCUT2D eigenvalue weighted by molar-refractivity contribution is 5.96. The molecule has 0 saturated carbocycles. The van der Waals surface area contributed by atoms with Crippen molar-refractivity contribution in [2.75, 3.05) is 112 Å². The van der Waals surface area contributed by atoms with Crippen LogP contribution in [0.4, 0.5) is 41.2 Å². The Hall–Kier alpha value is -8.13. The lowest BCUT2D eigenvalue weighted by Gasteiger charge is -2.44. The molecule has 2 atom stereocenters. The van der Waals surface area contributed by atoms with Gasteiger partial charge in [-0.2, -0.15) is 26.3 Å². The molecule has 5 amide bonds. The lowest BCUT2D eigenvalue weighted by atomic mass is 9.72. The third-order valence-electron chi connectivity index (χ3n) is 20.5. The number of hydrogen-bond acceptors (Lipinski definition) is 10. The predicted molar refractivity (Wildman–Crippen MR) is 391 cm³/mol. The summed E-state index contributed by atoms with van der Waals surface area (Å²) in [6.07, 6.45) is -7.53. The number of nitrogens with zero attached hydrogens (tertiary/aromatic N) is 8. The number of likely N-dealkylation sites (tertiary alicyclic amines) is 2. The SMILES string of the molecule is CN(Cc1ccc(C(=O)N(C)CCCN(C)C(=O)CO[C@H]2Cc3ccccc3C23CCN(CC[C@]2(c4ccc(F)cc4)CN(C(=O)c4cc(C(F)(F)F)cc(C(F)(F)F)c4)CO2)CC3)cc1)Cc1cccc(C(=O)N(C)CCN2CCC(N(C(=O)O)c3ccccc3-c3ccccc3)CC2)c1.Cl.Cl.Cl. The van der Waals surface area contributed by atoms with E-state index in [0.717, 1.165) is 38.3 Å². The van der Waals surface area contributed by atoms with Crippen LogP contribution in [-0.4, -0.2) is 188 Å². The number of para-hydroxylation sites is 1. The molecular weight excluding hydrogens is 1420 g/mol. The van der Waals surface area contributed by atoms with E-state index in [4.69, 9.17) is 9.47 Å². The quantitative estimate of drug-likeness (QED) is 0.0576. The summed E-state index contributed by atoms with van der Waals surface area (Å²) < 4.78 is 110. The summed E-state index contributed by atoms with van der Waals surface area (Å²) in [6, 6.07) is 46.8. The smallest absolute Gasteiger partial charge is 0.416 e. The molecular formula is C78H88Cl3F7N8O8. The number of ether oxygens (including phenoxy) is 2. The van der Waals surface area contributed by atoms with Crippen molar-refractivity contribution in [3.63, 3.8) is 0 Å². The molecule has 11 rings (SSSR count). The molecule has 16 nitrogen and oxygen atoms in total. The summed E-state index contributed by atoms with van der Waals surface area (Å²) in [5.41, 5.74) is 2.72. The first-order chi connectivity index (χ1) is 48.3. The predicted octanol–water partition coefficient (Wildman–Crippen LogP) is 14.5. The number of benzene rings is 7. The second-order valence-electron chi connectivity index (χ2n) is 27.3. The summed E-state index contributed by atoms with van der Waals surface area (Å²) in [4.78, 5) is 81.9. The van der Waals surface area contributed by atoms with E-state index >= 15 is 0 Å². The lowest BCUT2D eigenvalue weighted by Crippen LogP contribution is -2.50. The monoisotopic (exact) mass is 1500 g/mol. The number of amides is 5. The van der Waals surface area contributed by atoms with Gasteiger partial charge in [0.05, 0.1) is 29.5 Å². The van der Waals surface area contributed by atoms with Crippen LogP contribution < -0.4 is 4.90 Å². The molecule has 26 heteroatoms. The first kappa shape index (κ1) is 81.5. The van der Waals surface area contributed by atoms with E-state index in [9.17, 15) is 59.8 Å². The molecule has 3 fully saturated rings. The zero-order valence-corrected chi connectivity index (χ0v) is 60.9. The Morgan fingerprint density at radius 2 is 1.20 bits per heavy atom. The summed E-state index contributed by atoms with van der Waals surface area (Å²) in [5, 5.41) is 10.4. The molecule has 0 aromatic heterocycles. The number of fused-ring (bicyclic) bond motifs is 2. The molecule has 3 saturated heterocycles. The van der Waals surface area contributed by atoms with Crippen LogP contribution >= 0.6 is 37.2 Å². The maximum atomic E-state index is 14.3. The zero-order chi connectivity index (χ0) is 71.8. The van der Waals surface area contributed by atoms with Gasteiger partial charge in [-0.1, -0.05) is 109 Å². The van der Waals surface area contributed by atoms with Crippen LogP contribution in [0, 0.1) is 5.82 Å². The molecule has 0 radical (unpaired) electrons. The molecule has 3 aliphatic heterocycles. The fraction of sp³-hybridized carbons (Fsp3) is 0.397. The normalized spacial score (nSPS) is 17.5. The molecule has 7 aromatic carbocycles. The van der Waals surface area contributed by atoms with Gasteiger partial charge >= 0.3 is 18.4 Å². The summed E-state index contributed by atoms with van der Waals surface area (Å²) in [6.45, 7) is 5.38. The van der Waals surface area contributed by atoms with Gasteiger partial charge < -0.3 is 44.0 Å². The first-order valence-electron chi connectivity index (χ1n) is 34.2. The van der Waals surface area contributed by atoms with E-state index in [1.54, 1.807) is 28.8 Å². The summed E-state index contributed by atoms with van der Waals surface area (Å²) in [5.74, 6) is -2.04. The summed E-state index contributed by atoms with van der Waals surface area (Å²) >= 11 is 0. The minimum absolute atomic E-state index is 0. The second-order valence-corrected chi connectivity index (χ2v) is 27.3. The minimum atomic E-state index is -5.15. The van der Waals surface area contributed by atoms with E-state index < -0.39 is 64.6 Å². The van der Waals surface area contributed by atoms with Crippen molar-refractivity contribution in [2.24, 2.45) is 0 Å². The van der Waals surface area contributed by atoms with Crippen LogP contribution in [0.15, 0.2) is 170 Å². The highest BCUT2D eigenvalue weighted by atomic mass is 35.5. The fourth-order valence-corrected chi connectivity index (χ4v) is 14.8. The topological polar surface area (TPSA) is 150 Å². The minimum Gasteiger partial charge on any atom is -0.465 e. The number of hydrogen-bond donors (Lipinski definition) is 1. The van der Waals surface area contributed by atoms with Crippen LogP contribution in [0.2, 0.25) is 0 Å². The number of carbonyl (C=O) groups is 5. The van der Waals surface area contributed by atoms with Crippen molar-refractivity contribution in [3.8, 4) is 11.1 Å². The Morgan fingerprint density at radius 3 is 1.87 bits per heavy atom. The van der Waals surface area contributed by atoms with Gasteiger partial charge in [-0.3, -0.25) is 29.0 Å². The molecule has 3 heterocycles. The van der Waals surface area contributed by atoms with E-state index in [1.165, 1.54) is 29.2 Å². The number of rotatable bonds is 24. The van der Waals surface area contributed by atoms with Gasteiger partial charge in [0.25, 0.3) is 17.7 Å². The van der Waals surface area contributed by atoms with Gasteiger partial charge in [-0.25, -0.2) is 9.18 Å². The average molecular weight is 1500 g/mol. The van der Waals surface area contributed by atoms with Gasteiger partial charge in [0.15, 0.2) is 0 Å². The number of anilines is 1. The Balaban J connectivity index is 0.00000456. The average Bonchev–Trinajstić information content (AvgIpc) is 1.59. The Kier molecular flexibility index (Phi) is 27.7. The second kappa shape index (κ2) is 35.3. The number of likely N-dealkylation sites (N-methyl/N-ethyl adjacent to an activating group) is 2. The van der Waals surface area contributed by atoms with Crippen molar-refractivity contribution < 1.29 is 69.3 Å².